The second-order valence-corrected chi connectivity index (χ2v) is 5.53. The van der Waals surface area contributed by atoms with Crippen LogP contribution in [0.4, 0.5) is 0 Å². The molecule has 112 valence electrons. The van der Waals surface area contributed by atoms with Gasteiger partial charge in [-0.3, -0.25) is 4.79 Å². The fraction of sp³-hybridized carbons (Fsp3) is 0.467. The summed E-state index contributed by atoms with van der Waals surface area (Å²) in [5.41, 5.74) is 2.34. The van der Waals surface area contributed by atoms with Crippen LogP contribution in [0.15, 0.2) is 24.5 Å². The van der Waals surface area contributed by atoms with E-state index < -0.39 is 0 Å². The van der Waals surface area contributed by atoms with Crippen molar-refractivity contribution < 1.29 is 9.53 Å². The van der Waals surface area contributed by atoms with E-state index in [0.29, 0.717) is 12.1 Å². The molecule has 0 aromatic carbocycles. The molecule has 0 aliphatic carbocycles. The summed E-state index contributed by atoms with van der Waals surface area (Å²) >= 11 is 0. The number of carbonyl (C=O) groups is 1. The summed E-state index contributed by atoms with van der Waals surface area (Å²) in [6.07, 6.45) is 3.85. The Hall–Kier alpha value is -1.92. The molecule has 0 bridgehead atoms. The number of nitrogens with one attached hydrogen (secondary N) is 1. The number of fused-ring (bicyclic) bond motifs is 1. The van der Waals surface area contributed by atoms with Gasteiger partial charge in [-0.15, -0.1) is 0 Å². The van der Waals surface area contributed by atoms with Crippen LogP contribution in [0.25, 0.3) is 5.65 Å². The lowest BCUT2D eigenvalue weighted by molar-refractivity contribution is -0.0175. The number of morpholine rings is 1. The number of rotatable bonds is 3. The molecule has 0 radical (unpaired) electrons. The fourth-order valence-corrected chi connectivity index (χ4v) is 2.55. The van der Waals surface area contributed by atoms with Crippen molar-refractivity contribution in [3.8, 4) is 0 Å². The number of hydrogen-bond donors (Lipinski definition) is 1. The largest absolute Gasteiger partial charge is 0.374 e. The first kappa shape index (κ1) is 14.0. The van der Waals surface area contributed by atoms with Crippen molar-refractivity contribution >= 4 is 11.6 Å². The monoisotopic (exact) mass is 288 g/mol. The van der Waals surface area contributed by atoms with Crippen LogP contribution in [0.1, 0.15) is 16.1 Å². The van der Waals surface area contributed by atoms with Gasteiger partial charge in [0.05, 0.1) is 18.4 Å². The third-order valence-corrected chi connectivity index (χ3v) is 3.68. The van der Waals surface area contributed by atoms with Crippen molar-refractivity contribution in [2.45, 2.75) is 13.0 Å². The lowest BCUT2D eigenvalue weighted by Crippen LogP contribution is -2.45. The van der Waals surface area contributed by atoms with Gasteiger partial charge in [-0.25, -0.2) is 4.98 Å². The maximum Gasteiger partial charge on any atom is 0.251 e. The van der Waals surface area contributed by atoms with Gasteiger partial charge >= 0.3 is 0 Å². The average molecular weight is 288 g/mol. The Balaban J connectivity index is 1.63. The predicted octanol–water partition coefficient (Wildman–Crippen LogP) is 0.703. The summed E-state index contributed by atoms with van der Waals surface area (Å²) in [7, 11) is 2.06. The molecule has 2 aromatic rings. The minimum atomic E-state index is -0.0880. The smallest absolute Gasteiger partial charge is 0.251 e. The molecule has 0 spiro atoms. The minimum Gasteiger partial charge on any atom is -0.374 e. The highest BCUT2D eigenvalue weighted by molar-refractivity contribution is 5.95. The number of ether oxygens (including phenoxy) is 1. The summed E-state index contributed by atoms with van der Waals surface area (Å²) in [4.78, 5) is 18.8. The maximum atomic E-state index is 12.2. The Morgan fingerprint density at radius 3 is 3.24 bits per heavy atom. The molecule has 1 N–H and O–H groups in total. The molecule has 6 nitrogen and oxygen atoms in total. The second-order valence-electron chi connectivity index (χ2n) is 5.53. The van der Waals surface area contributed by atoms with Gasteiger partial charge in [-0.1, -0.05) is 0 Å². The van der Waals surface area contributed by atoms with Gasteiger partial charge in [0.2, 0.25) is 0 Å². The van der Waals surface area contributed by atoms with Crippen molar-refractivity contribution in [1.29, 1.82) is 0 Å². The summed E-state index contributed by atoms with van der Waals surface area (Å²) in [5, 5.41) is 2.93. The molecule has 1 amide bonds. The van der Waals surface area contributed by atoms with Gasteiger partial charge in [-0.05, 0) is 26.1 Å². The highest BCUT2D eigenvalue weighted by Gasteiger charge is 2.18. The molecule has 1 unspecified atom stereocenters. The molecule has 1 saturated heterocycles. The Kier molecular flexibility index (Phi) is 3.90. The number of aryl methyl sites for hydroxylation is 1. The SMILES string of the molecule is Cc1cn2ccc(C(=O)NCC3CN(C)CCO3)cc2n1. The molecule has 3 heterocycles. The zero-order valence-electron chi connectivity index (χ0n) is 12.4. The van der Waals surface area contributed by atoms with Gasteiger partial charge in [0, 0.05) is 37.6 Å². The first-order chi connectivity index (χ1) is 10.1. The lowest BCUT2D eigenvalue weighted by Gasteiger charge is -2.30. The summed E-state index contributed by atoms with van der Waals surface area (Å²) in [6.45, 7) is 4.97. The Bertz CT molecular complexity index is 652. The number of likely N-dealkylation sites (N-methyl/N-ethyl adjacent to an activating group) is 1. The van der Waals surface area contributed by atoms with Crippen LogP contribution < -0.4 is 5.32 Å². The zero-order chi connectivity index (χ0) is 14.8. The second kappa shape index (κ2) is 5.83. The van der Waals surface area contributed by atoms with Crippen molar-refractivity contribution in [2.75, 3.05) is 33.3 Å². The van der Waals surface area contributed by atoms with E-state index in [4.69, 9.17) is 4.74 Å². The molecule has 3 rings (SSSR count). The van der Waals surface area contributed by atoms with Crippen LogP contribution in [0.3, 0.4) is 0 Å². The van der Waals surface area contributed by atoms with Crippen molar-refractivity contribution in [3.63, 3.8) is 0 Å². The summed E-state index contributed by atoms with van der Waals surface area (Å²) < 4.78 is 7.54. The highest BCUT2D eigenvalue weighted by Crippen LogP contribution is 2.08. The van der Waals surface area contributed by atoms with E-state index in [-0.39, 0.29) is 12.0 Å². The molecule has 1 atom stereocenters. The standard InChI is InChI=1S/C15H20N4O2/c1-11-9-19-4-3-12(7-14(19)17-11)15(20)16-8-13-10-18(2)5-6-21-13/h3-4,7,9,13H,5-6,8,10H2,1-2H3,(H,16,20). The Labute approximate surface area is 123 Å². The zero-order valence-corrected chi connectivity index (χ0v) is 12.4. The third kappa shape index (κ3) is 3.22. The fourth-order valence-electron chi connectivity index (χ4n) is 2.55. The van der Waals surface area contributed by atoms with Crippen LogP contribution in [-0.2, 0) is 4.74 Å². The van der Waals surface area contributed by atoms with E-state index in [1.165, 1.54) is 0 Å². The molecule has 0 saturated carbocycles. The van der Waals surface area contributed by atoms with Crippen molar-refractivity contribution in [1.82, 2.24) is 19.6 Å². The molecular weight excluding hydrogens is 268 g/mol. The van der Waals surface area contributed by atoms with Crippen molar-refractivity contribution in [2.24, 2.45) is 0 Å². The Morgan fingerprint density at radius 1 is 1.57 bits per heavy atom. The van der Waals surface area contributed by atoms with E-state index >= 15 is 0 Å². The highest BCUT2D eigenvalue weighted by atomic mass is 16.5. The van der Waals surface area contributed by atoms with Gasteiger partial charge in [-0.2, -0.15) is 0 Å². The van der Waals surface area contributed by atoms with E-state index in [1.54, 1.807) is 12.1 Å². The summed E-state index contributed by atoms with van der Waals surface area (Å²) in [5.74, 6) is -0.0880. The number of hydrogen-bond acceptors (Lipinski definition) is 4. The number of imidazole rings is 1. The summed E-state index contributed by atoms with van der Waals surface area (Å²) in [6, 6.07) is 3.60. The van der Waals surface area contributed by atoms with E-state index in [9.17, 15) is 4.79 Å². The van der Waals surface area contributed by atoms with Gasteiger partial charge in [0.1, 0.15) is 5.65 Å². The molecular formula is C15H20N4O2. The topological polar surface area (TPSA) is 58.9 Å². The van der Waals surface area contributed by atoms with Gasteiger partial charge < -0.3 is 19.4 Å². The van der Waals surface area contributed by atoms with Crippen molar-refractivity contribution in [3.05, 3.63) is 35.8 Å². The number of carbonyl (C=O) groups excluding carboxylic acids is 1. The average Bonchev–Trinajstić information content (AvgIpc) is 2.84. The van der Waals surface area contributed by atoms with Crippen LogP contribution in [0.2, 0.25) is 0 Å². The molecule has 21 heavy (non-hydrogen) atoms. The molecule has 6 heteroatoms. The van der Waals surface area contributed by atoms with Crippen LogP contribution in [0, 0.1) is 6.92 Å². The van der Waals surface area contributed by atoms with E-state index in [2.05, 4.69) is 22.2 Å². The maximum absolute atomic E-state index is 12.2. The number of amides is 1. The first-order valence-electron chi connectivity index (χ1n) is 7.15. The molecule has 1 aliphatic rings. The molecule has 2 aromatic heterocycles. The first-order valence-corrected chi connectivity index (χ1v) is 7.15. The third-order valence-electron chi connectivity index (χ3n) is 3.68. The quantitative estimate of drug-likeness (QED) is 0.903. The number of nitrogens with zero attached hydrogens (tertiary/aromatic N) is 3. The van der Waals surface area contributed by atoms with Crippen LogP contribution >= 0.6 is 0 Å². The van der Waals surface area contributed by atoms with Crippen LogP contribution in [0.5, 0.6) is 0 Å². The van der Waals surface area contributed by atoms with Crippen LogP contribution in [-0.4, -0.2) is 59.6 Å². The normalized spacial score (nSPS) is 19.8. The van der Waals surface area contributed by atoms with Gasteiger partial charge in [0.25, 0.3) is 5.91 Å². The minimum absolute atomic E-state index is 0.0603. The Morgan fingerprint density at radius 2 is 2.43 bits per heavy atom. The number of aromatic nitrogens is 2. The van der Waals surface area contributed by atoms with Gasteiger partial charge in [0.15, 0.2) is 0 Å². The van der Waals surface area contributed by atoms with E-state index in [1.807, 2.05) is 23.7 Å². The molecule has 1 fully saturated rings. The lowest BCUT2D eigenvalue weighted by atomic mass is 10.2. The predicted molar refractivity (Wildman–Crippen MR) is 79.5 cm³/mol. The molecule has 1 aliphatic heterocycles. The van der Waals surface area contributed by atoms with E-state index in [0.717, 1.165) is 31.0 Å². The number of pyridine rings is 1.